The first-order chi connectivity index (χ1) is 14.9. The molecule has 0 unspecified atom stereocenters. The third-order valence-electron chi connectivity index (χ3n) is 6.04. The summed E-state index contributed by atoms with van der Waals surface area (Å²) in [5.41, 5.74) is 0. The number of carbonyl (C=O) groups excluding carboxylic acids is 1. The first-order valence-corrected chi connectivity index (χ1v) is 12.4. The molecule has 6 nitrogen and oxygen atoms in total. The van der Waals surface area contributed by atoms with E-state index in [1.807, 2.05) is 6.92 Å². The molecule has 0 aliphatic carbocycles. The molecule has 0 bridgehead atoms. The molecule has 1 aliphatic rings. The molecular weight excluding hydrogens is 396 g/mol. The molecule has 0 amide bonds. The highest BCUT2D eigenvalue weighted by molar-refractivity contribution is 5.77. The monoisotopic (exact) mass is 441 g/mol. The second kappa shape index (κ2) is 17.6. The van der Waals surface area contributed by atoms with E-state index in [9.17, 15) is 20.1 Å². The van der Waals surface area contributed by atoms with E-state index in [-0.39, 0.29) is 12.2 Å². The molecule has 0 saturated carbocycles. The van der Waals surface area contributed by atoms with Crippen LogP contribution in [-0.2, 0) is 14.3 Å². The van der Waals surface area contributed by atoms with Crippen LogP contribution in [-0.4, -0.2) is 46.9 Å². The molecule has 1 fully saturated rings. The summed E-state index contributed by atoms with van der Waals surface area (Å²) in [4.78, 5) is 10.2. The summed E-state index contributed by atoms with van der Waals surface area (Å²) in [5.74, 6) is -1.11. The van der Waals surface area contributed by atoms with Crippen LogP contribution in [0.5, 0.6) is 0 Å². The average Bonchev–Trinajstić information content (AvgIpc) is 2.71. The van der Waals surface area contributed by atoms with Crippen LogP contribution in [0.15, 0.2) is 12.2 Å². The molecule has 0 aromatic carbocycles. The van der Waals surface area contributed by atoms with Crippen LogP contribution in [0, 0.1) is 0 Å². The Morgan fingerprint density at radius 1 is 0.968 bits per heavy atom. The SMILES string of the molecule is C[C@H](CCCCCCCCCCCCCC/C=C/C(=O)[O-])O[C@@H]1O[C@@H](C)[C@H](O)C[C@H]1O. The lowest BCUT2D eigenvalue weighted by molar-refractivity contribution is -0.297. The highest BCUT2D eigenvalue weighted by Gasteiger charge is 2.35. The summed E-state index contributed by atoms with van der Waals surface area (Å²) in [6.07, 6.45) is 17.5. The molecule has 1 rings (SSSR count). The maximum absolute atomic E-state index is 10.2. The third-order valence-corrected chi connectivity index (χ3v) is 6.04. The number of ether oxygens (including phenoxy) is 2. The van der Waals surface area contributed by atoms with E-state index < -0.39 is 24.5 Å². The summed E-state index contributed by atoms with van der Waals surface area (Å²) in [7, 11) is 0. The predicted molar refractivity (Wildman–Crippen MR) is 120 cm³/mol. The van der Waals surface area contributed by atoms with E-state index in [4.69, 9.17) is 9.47 Å². The number of aliphatic hydroxyl groups is 2. The van der Waals surface area contributed by atoms with E-state index in [1.54, 1.807) is 13.0 Å². The van der Waals surface area contributed by atoms with Gasteiger partial charge in [-0.25, -0.2) is 0 Å². The Bertz CT molecular complexity index is 481. The predicted octanol–water partition coefficient (Wildman–Crippen LogP) is 4.02. The molecule has 0 aromatic rings. The number of aliphatic hydroxyl groups excluding tert-OH is 2. The van der Waals surface area contributed by atoms with E-state index >= 15 is 0 Å². The van der Waals surface area contributed by atoms with Crippen LogP contribution < -0.4 is 5.11 Å². The number of carboxylic acid groups (broad SMARTS) is 1. The number of carboxylic acids is 1. The van der Waals surface area contributed by atoms with Crippen molar-refractivity contribution in [2.45, 2.75) is 141 Å². The topological polar surface area (TPSA) is 99.1 Å². The van der Waals surface area contributed by atoms with Crippen molar-refractivity contribution in [3.05, 3.63) is 12.2 Å². The second-order valence-electron chi connectivity index (χ2n) is 9.07. The Morgan fingerprint density at radius 3 is 2.03 bits per heavy atom. The van der Waals surface area contributed by atoms with Crippen molar-refractivity contribution in [1.29, 1.82) is 0 Å². The number of rotatable bonds is 18. The molecule has 1 saturated heterocycles. The highest BCUT2D eigenvalue weighted by Crippen LogP contribution is 2.23. The molecule has 2 N–H and O–H groups in total. The maximum Gasteiger partial charge on any atom is 0.184 e. The molecule has 31 heavy (non-hydrogen) atoms. The van der Waals surface area contributed by atoms with Gasteiger partial charge in [0.05, 0.1) is 24.3 Å². The van der Waals surface area contributed by atoms with Crippen molar-refractivity contribution in [3.8, 4) is 0 Å². The Balaban J connectivity index is 1.84. The first-order valence-electron chi connectivity index (χ1n) is 12.4. The molecule has 182 valence electrons. The van der Waals surface area contributed by atoms with E-state index in [1.165, 1.54) is 64.2 Å². The van der Waals surface area contributed by atoms with Crippen molar-refractivity contribution in [1.82, 2.24) is 0 Å². The zero-order valence-electron chi connectivity index (χ0n) is 19.7. The van der Waals surface area contributed by atoms with Crippen molar-refractivity contribution < 1.29 is 29.6 Å². The summed E-state index contributed by atoms with van der Waals surface area (Å²) in [6, 6.07) is 0. The number of unbranched alkanes of at least 4 members (excludes halogenated alkanes) is 12. The molecule has 1 aliphatic heterocycles. The number of hydrogen-bond acceptors (Lipinski definition) is 6. The largest absolute Gasteiger partial charge is 0.545 e. The van der Waals surface area contributed by atoms with Gasteiger partial charge < -0.3 is 29.6 Å². The minimum atomic E-state index is -1.11. The first kappa shape index (κ1) is 28.1. The lowest BCUT2D eigenvalue weighted by Gasteiger charge is -2.36. The van der Waals surface area contributed by atoms with Gasteiger partial charge in [0.1, 0.15) is 6.10 Å². The minimum Gasteiger partial charge on any atom is -0.545 e. The fourth-order valence-electron chi connectivity index (χ4n) is 4.00. The minimum absolute atomic E-state index is 0.0484. The summed E-state index contributed by atoms with van der Waals surface area (Å²) < 4.78 is 11.4. The highest BCUT2D eigenvalue weighted by atomic mass is 16.7. The van der Waals surface area contributed by atoms with Gasteiger partial charge in [-0.05, 0) is 39.2 Å². The molecule has 0 spiro atoms. The number of allylic oxidation sites excluding steroid dienone is 1. The van der Waals surface area contributed by atoms with Gasteiger partial charge in [0.15, 0.2) is 6.29 Å². The van der Waals surface area contributed by atoms with Gasteiger partial charge in [0, 0.05) is 6.42 Å². The van der Waals surface area contributed by atoms with E-state index in [0.717, 1.165) is 31.8 Å². The molecule has 0 radical (unpaired) electrons. The van der Waals surface area contributed by atoms with Gasteiger partial charge >= 0.3 is 0 Å². The van der Waals surface area contributed by atoms with Gasteiger partial charge in [-0.1, -0.05) is 76.7 Å². The normalized spacial score (nSPS) is 25.2. The van der Waals surface area contributed by atoms with Crippen molar-refractivity contribution in [2.24, 2.45) is 0 Å². The van der Waals surface area contributed by atoms with Gasteiger partial charge in [0.2, 0.25) is 0 Å². The Kier molecular flexibility index (Phi) is 15.9. The number of aliphatic carboxylic acids is 1. The van der Waals surface area contributed by atoms with Crippen LogP contribution in [0.1, 0.15) is 110 Å². The zero-order valence-corrected chi connectivity index (χ0v) is 19.7. The van der Waals surface area contributed by atoms with E-state index in [2.05, 4.69) is 0 Å². The molecule has 0 aromatic heterocycles. The fourth-order valence-corrected chi connectivity index (χ4v) is 4.00. The molecule has 5 atom stereocenters. The quantitative estimate of drug-likeness (QED) is 0.246. The average molecular weight is 442 g/mol. The Labute approximate surface area is 189 Å². The summed E-state index contributed by atoms with van der Waals surface area (Å²) >= 11 is 0. The Morgan fingerprint density at radius 2 is 1.48 bits per heavy atom. The van der Waals surface area contributed by atoms with Crippen LogP contribution in [0.25, 0.3) is 0 Å². The van der Waals surface area contributed by atoms with Gasteiger partial charge in [-0.3, -0.25) is 0 Å². The lowest BCUT2D eigenvalue weighted by atomic mass is 10.0. The van der Waals surface area contributed by atoms with Crippen molar-refractivity contribution >= 4 is 5.97 Å². The Hall–Kier alpha value is -0.950. The van der Waals surface area contributed by atoms with Crippen LogP contribution in [0.2, 0.25) is 0 Å². The lowest BCUT2D eigenvalue weighted by Crippen LogP contribution is -2.48. The fraction of sp³-hybridized carbons (Fsp3) is 0.880. The van der Waals surface area contributed by atoms with Gasteiger partial charge in [-0.2, -0.15) is 0 Å². The number of carbonyl (C=O) groups is 1. The maximum atomic E-state index is 10.2. The third kappa shape index (κ3) is 14.7. The smallest absolute Gasteiger partial charge is 0.184 e. The zero-order chi connectivity index (χ0) is 22.9. The standard InChI is InChI=1S/C25H46O6/c1-20(30-25-23(27)19-22(26)21(2)31-25)17-15-13-11-9-7-5-3-4-6-8-10-12-14-16-18-24(28)29/h16,18,20-23,25-27H,3-15,17,19H2,1-2H3,(H,28,29)/p-1/b18-16+/t20-,21+,22-,23-,25-/m1/s1. The molecule has 6 heteroatoms. The van der Waals surface area contributed by atoms with E-state index in [0.29, 0.717) is 6.42 Å². The molecular formula is C25H45O6-. The van der Waals surface area contributed by atoms with Crippen LogP contribution >= 0.6 is 0 Å². The second-order valence-corrected chi connectivity index (χ2v) is 9.07. The summed E-state index contributed by atoms with van der Waals surface area (Å²) in [6.45, 7) is 3.83. The molecule has 1 heterocycles. The van der Waals surface area contributed by atoms with Gasteiger partial charge in [0.25, 0.3) is 0 Å². The van der Waals surface area contributed by atoms with Crippen LogP contribution in [0.4, 0.5) is 0 Å². The van der Waals surface area contributed by atoms with Gasteiger partial charge in [-0.15, -0.1) is 0 Å². The summed E-state index contributed by atoms with van der Waals surface area (Å²) in [5, 5.41) is 29.9. The number of hydrogen-bond donors (Lipinski definition) is 2. The van der Waals surface area contributed by atoms with Crippen LogP contribution in [0.3, 0.4) is 0 Å². The van der Waals surface area contributed by atoms with Crippen molar-refractivity contribution in [3.63, 3.8) is 0 Å². The van der Waals surface area contributed by atoms with Crippen molar-refractivity contribution in [2.75, 3.05) is 0 Å².